The van der Waals surface area contributed by atoms with E-state index in [1.54, 1.807) is 106 Å². The third kappa shape index (κ3) is 20.1. The maximum absolute atomic E-state index is 13.6. The van der Waals surface area contributed by atoms with Crippen LogP contribution >= 0.6 is 0 Å². The predicted octanol–water partition coefficient (Wildman–Crippen LogP) is 10.4. The number of tetrazole rings is 1. The van der Waals surface area contributed by atoms with E-state index in [1.165, 1.54) is 40.6 Å². The molecule has 1 aliphatic heterocycles. The van der Waals surface area contributed by atoms with E-state index in [4.69, 9.17) is 48.1 Å². The fraction of sp³-hybridized carbons (Fsp3) is 0.301. The van der Waals surface area contributed by atoms with Crippen LogP contribution in [0.15, 0.2) is 160 Å². The number of pyridine rings is 1. The molecule has 10 aromatic rings. The zero-order valence-corrected chi connectivity index (χ0v) is 58.7. The molecular weight excluding hydrogens is 1330 g/mol. The first-order valence-electron chi connectivity index (χ1n) is 32.7. The zero-order chi connectivity index (χ0) is 72.9. The molecule has 4 aromatic heterocycles. The molecule has 3 amide bonds. The Morgan fingerprint density at radius 1 is 0.784 bits per heavy atom. The monoisotopic (exact) mass is 1410 g/mol. The van der Waals surface area contributed by atoms with E-state index in [-0.39, 0.29) is 54.3 Å². The summed E-state index contributed by atoms with van der Waals surface area (Å²) in [7, 11) is 4.57. The van der Waals surface area contributed by atoms with Crippen molar-refractivity contribution in [3.8, 4) is 40.1 Å². The number of amides is 3. The van der Waals surface area contributed by atoms with Gasteiger partial charge in [-0.3, -0.25) is 33.5 Å². The lowest BCUT2D eigenvalue weighted by Crippen LogP contribution is -2.34. The normalized spacial score (nSPS) is 12.0. The number of esters is 1. The molecule has 5 heterocycles. The van der Waals surface area contributed by atoms with Crippen molar-refractivity contribution >= 4 is 79.0 Å². The van der Waals surface area contributed by atoms with Crippen molar-refractivity contribution in [2.75, 3.05) is 83.1 Å². The van der Waals surface area contributed by atoms with Gasteiger partial charge >= 0.3 is 12.1 Å². The largest absolute Gasteiger partial charge is 0.493 e. The van der Waals surface area contributed by atoms with Crippen LogP contribution in [0.3, 0.4) is 0 Å². The standard InChI is InChI=1S/C38H36N6O7.C34H41N7O5.CH4O3S/c1-47-32-17-24-14-16-43(22-25(24)18-33(32)48-2)15-13-23-9-11-26(12-10-23)44-41-37(40-42-44)28-19-34(49-3)35(50-4)20-29(28)39-38(46)36-21-30(45)27-7-5-6-8-31(27)51-36;1-4-6-7-10-21-46-34(44)39-32(35)24-12-15-26(16-13-24)37-23-30-38-27-22-25(14-17-28(27)40(30)3)33(43)41(20-18-31(42)45-5-2)29-11-8-9-19-36-29;1-5(2,3)4/h5-12,17-21H,13-16,22H2,1-4H3,(H,39,46);8-9,11-17,19,22,37H,4-7,10,18,20-21,23H2,1-3H3,(H2,35,39,44);1H3,(H,2,3,4). The summed E-state index contributed by atoms with van der Waals surface area (Å²) >= 11 is 0. The van der Waals surface area contributed by atoms with Gasteiger partial charge in [0, 0.05) is 68.4 Å². The maximum atomic E-state index is 13.6. The fourth-order valence-electron chi connectivity index (χ4n) is 11.0. The summed E-state index contributed by atoms with van der Waals surface area (Å²) in [5.41, 5.74) is 14.6. The van der Waals surface area contributed by atoms with Gasteiger partial charge in [-0.2, -0.15) is 13.4 Å². The molecule has 5 N–H and O–H groups in total. The Hall–Kier alpha value is -11.6. The number of hydrogen-bond acceptors (Lipinski definition) is 21. The number of para-hydroxylation sites is 1. The molecule has 0 radical (unpaired) electrons. The SMILES string of the molecule is CCCCCCOC(=O)/N=C(/N)c1ccc(NCc2nc3cc(C(=O)N(CCC(=O)OCC)c4ccccn4)ccc3n2C)cc1.COc1cc2c(cc1OC)CN(CCc1ccc(-n3nnc(-c4cc(OC)c(OC)cc4NC(=O)c4cc(=O)c5ccccc5o4)n3)cc1)CC2.CS(=O)(=O)O. The van der Waals surface area contributed by atoms with Crippen molar-refractivity contribution in [3.63, 3.8) is 0 Å². The van der Waals surface area contributed by atoms with Gasteiger partial charge in [-0.1, -0.05) is 56.5 Å². The van der Waals surface area contributed by atoms with E-state index in [9.17, 15) is 32.4 Å². The molecule has 0 aliphatic carbocycles. The Morgan fingerprint density at radius 2 is 1.47 bits per heavy atom. The molecule has 6 aromatic carbocycles. The van der Waals surface area contributed by atoms with Crippen LogP contribution in [0.1, 0.15) is 94.9 Å². The molecule has 102 heavy (non-hydrogen) atoms. The molecule has 1 aliphatic rings. The van der Waals surface area contributed by atoms with Crippen LogP contribution < -0.4 is 45.6 Å². The van der Waals surface area contributed by atoms with Gasteiger partial charge in [0.2, 0.25) is 5.82 Å². The summed E-state index contributed by atoms with van der Waals surface area (Å²) < 4.78 is 65.8. The summed E-state index contributed by atoms with van der Waals surface area (Å²) in [6.45, 7) is 7.76. The van der Waals surface area contributed by atoms with Crippen molar-refractivity contribution in [3.05, 3.63) is 195 Å². The Labute approximate surface area is 589 Å². The molecule has 0 atom stereocenters. The van der Waals surface area contributed by atoms with E-state index in [0.29, 0.717) is 75.6 Å². The predicted molar refractivity (Wildman–Crippen MR) is 386 cm³/mol. The van der Waals surface area contributed by atoms with E-state index >= 15 is 0 Å². The minimum Gasteiger partial charge on any atom is -0.493 e. The lowest BCUT2D eigenvalue weighted by molar-refractivity contribution is -0.142. The molecular formula is C73H81N13O15S. The lowest BCUT2D eigenvalue weighted by atomic mass is 9.98. The van der Waals surface area contributed by atoms with Gasteiger partial charge in [0.1, 0.15) is 23.1 Å². The van der Waals surface area contributed by atoms with Crippen LogP contribution in [0.25, 0.3) is 39.1 Å². The smallest absolute Gasteiger partial charge is 0.435 e. The Balaban J connectivity index is 0.000000224. The number of aliphatic imine (C=N–C) groups is 1. The first-order valence-corrected chi connectivity index (χ1v) is 34.6. The third-order valence-electron chi connectivity index (χ3n) is 16.3. The van der Waals surface area contributed by atoms with E-state index in [0.717, 1.165) is 98.4 Å². The second kappa shape index (κ2) is 35.5. The van der Waals surface area contributed by atoms with Crippen LogP contribution in [0.2, 0.25) is 0 Å². The number of benzene rings is 6. The number of nitrogens with two attached hydrogens (primary N) is 1. The number of rotatable bonds is 26. The van der Waals surface area contributed by atoms with Crippen molar-refractivity contribution in [1.29, 1.82) is 0 Å². The number of nitrogens with one attached hydrogen (secondary N) is 2. The number of unbranched alkanes of at least 4 members (excludes halogenated alkanes) is 3. The van der Waals surface area contributed by atoms with Crippen molar-refractivity contribution in [2.24, 2.45) is 17.8 Å². The number of nitrogens with zero attached hydrogens (tertiary/aromatic N) is 10. The lowest BCUT2D eigenvalue weighted by Gasteiger charge is -2.29. The average Bonchev–Trinajstić information content (AvgIpc) is 1.53. The van der Waals surface area contributed by atoms with Gasteiger partial charge in [0.05, 0.1) is 94.2 Å². The number of amidine groups is 1. The van der Waals surface area contributed by atoms with Gasteiger partial charge < -0.3 is 53.8 Å². The molecule has 534 valence electrons. The van der Waals surface area contributed by atoms with Crippen LogP contribution in [0.4, 0.5) is 22.0 Å². The number of ether oxygens (including phenoxy) is 6. The molecule has 0 spiro atoms. The maximum Gasteiger partial charge on any atom is 0.435 e. The Bertz CT molecular complexity index is 4770. The van der Waals surface area contributed by atoms with Gasteiger partial charge in [0.25, 0.3) is 21.9 Å². The van der Waals surface area contributed by atoms with Crippen LogP contribution in [-0.4, -0.2) is 150 Å². The number of methoxy groups -OCH3 is 4. The van der Waals surface area contributed by atoms with Gasteiger partial charge in [-0.25, -0.2) is 14.8 Å². The quantitative estimate of drug-likeness (QED) is 0.0129. The van der Waals surface area contributed by atoms with Crippen molar-refractivity contribution in [2.45, 2.75) is 71.9 Å². The first-order chi connectivity index (χ1) is 49.2. The molecule has 0 unspecified atom stereocenters. The fourth-order valence-corrected chi connectivity index (χ4v) is 11.0. The van der Waals surface area contributed by atoms with Crippen LogP contribution in [0, 0.1) is 0 Å². The van der Waals surface area contributed by atoms with Crippen molar-refractivity contribution in [1.82, 2.24) is 39.6 Å². The summed E-state index contributed by atoms with van der Waals surface area (Å²) in [6, 6.07) is 41.2. The number of fused-ring (bicyclic) bond motifs is 3. The molecule has 0 bridgehead atoms. The molecule has 11 rings (SSSR count). The van der Waals surface area contributed by atoms with Crippen LogP contribution in [-0.2, 0) is 57.4 Å². The summed E-state index contributed by atoms with van der Waals surface area (Å²) in [5, 5.41) is 19.7. The molecule has 0 fully saturated rings. The zero-order valence-electron chi connectivity index (χ0n) is 57.9. The molecule has 28 nitrogen and oxygen atoms in total. The highest BCUT2D eigenvalue weighted by Crippen LogP contribution is 2.38. The van der Waals surface area contributed by atoms with Gasteiger partial charge in [-0.05, 0) is 145 Å². The van der Waals surface area contributed by atoms with E-state index < -0.39 is 22.1 Å². The number of carbonyl (C=O) groups is 4. The average molecular weight is 1410 g/mol. The number of aromatic nitrogens is 7. The number of anilines is 3. The number of imidazole rings is 1. The minimum atomic E-state index is -3.67. The highest BCUT2D eigenvalue weighted by molar-refractivity contribution is 7.85. The second-order valence-corrected chi connectivity index (χ2v) is 24.8. The summed E-state index contributed by atoms with van der Waals surface area (Å²) in [6.07, 6.45) is 7.55. The van der Waals surface area contributed by atoms with Crippen molar-refractivity contribution < 1.29 is 65.0 Å². The van der Waals surface area contributed by atoms with Gasteiger partial charge in [-0.15, -0.1) is 15.0 Å². The van der Waals surface area contributed by atoms with Gasteiger partial charge in [0.15, 0.2) is 34.2 Å². The van der Waals surface area contributed by atoms with E-state index in [1.807, 2.05) is 41.9 Å². The minimum absolute atomic E-state index is 0.0455. The van der Waals surface area contributed by atoms with Crippen LogP contribution in [0.5, 0.6) is 23.0 Å². The topological polar surface area (TPSA) is 351 Å². The first kappa shape index (κ1) is 74.7. The third-order valence-corrected chi connectivity index (χ3v) is 16.3. The number of carbonyl (C=O) groups excluding carboxylic acids is 4. The highest BCUT2D eigenvalue weighted by Gasteiger charge is 2.25. The Morgan fingerprint density at radius 3 is 2.17 bits per heavy atom. The highest BCUT2D eigenvalue weighted by atomic mass is 32.2. The summed E-state index contributed by atoms with van der Waals surface area (Å²) in [5.74, 6) is 2.35. The Kier molecular flexibility index (Phi) is 26.0. The molecule has 0 saturated heterocycles. The number of hydrogen-bond donors (Lipinski definition) is 4. The second-order valence-electron chi connectivity index (χ2n) is 23.3. The molecule has 0 saturated carbocycles. The molecule has 29 heteroatoms. The van der Waals surface area contributed by atoms with E-state index in [2.05, 4.69) is 72.1 Å². The number of aryl methyl sites for hydroxylation is 1. The summed E-state index contributed by atoms with van der Waals surface area (Å²) in [4.78, 5) is 81.9.